The third-order valence-electron chi connectivity index (χ3n) is 2.42. The minimum Gasteiger partial charge on any atom is -0.376 e. The van der Waals surface area contributed by atoms with Crippen molar-refractivity contribution in [2.75, 3.05) is 24.3 Å². The number of hydrogen-bond acceptors (Lipinski definition) is 2. The van der Waals surface area contributed by atoms with Crippen LogP contribution in [0.5, 0.6) is 0 Å². The Balaban J connectivity index is 2.69. The maximum Gasteiger partial charge on any atom is 0.224 e. The van der Waals surface area contributed by atoms with E-state index in [2.05, 4.69) is 12.2 Å². The Morgan fingerprint density at radius 3 is 2.62 bits per heavy atom. The first-order chi connectivity index (χ1) is 7.65. The van der Waals surface area contributed by atoms with Gasteiger partial charge in [0.15, 0.2) is 0 Å². The number of nitrogens with one attached hydrogen (secondary N) is 1. The number of carbonyl (C=O) groups excluding carboxylic acids is 1. The molecule has 1 amide bonds. The first-order valence-corrected chi connectivity index (χ1v) is 5.71. The van der Waals surface area contributed by atoms with Gasteiger partial charge in [-0.3, -0.25) is 4.79 Å². The third kappa shape index (κ3) is 3.57. The molecule has 1 N–H and O–H groups in total. The predicted octanol–water partition coefficient (Wildman–Crippen LogP) is 2.88. The van der Waals surface area contributed by atoms with E-state index in [1.165, 1.54) is 0 Å². The van der Waals surface area contributed by atoms with Crippen molar-refractivity contribution in [1.29, 1.82) is 0 Å². The minimum absolute atomic E-state index is 0.0937. The fourth-order valence-electron chi connectivity index (χ4n) is 1.52. The van der Waals surface area contributed by atoms with Crippen molar-refractivity contribution in [3.8, 4) is 0 Å². The van der Waals surface area contributed by atoms with Crippen LogP contribution in [0.2, 0.25) is 0 Å². The van der Waals surface area contributed by atoms with E-state index in [0.717, 1.165) is 24.2 Å². The molecule has 0 saturated heterocycles. The molecule has 0 saturated carbocycles. The lowest BCUT2D eigenvalue weighted by atomic mass is 10.2. The zero-order valence-electron chi connectivity index (χ0n) is 10.3. The number of carbonyl (C=O) groups is 1. The molecule has 88 valence electrons. The molecule has 3 nitrogen and oxygen atoms in total. The molecule has 0 atom stereocenters. The smallest absolute Gasteiger partial charge is 0.224 e. The highest BCUT2D eigenvalue weighted by Crippen LogP contribution is 2.23. The van der Waals surface area contributed by atoms with Crippen molar-refractivity contribution >= 4 is 17.3 Å². The molecule has 1 rings (SSSR count). The van der Waals surface area contributed by atoms with Crippen LogP contribution in [0.4, 0.5) is 11.4 Å². The monoisotopic (exact) mass is 220 g/mol. The van der Waals surface area contributed by atoms with Crippen LogP contribution in [-0.4, -0.2) is 20.0 Å². The number of para-hydroxylation sites is 2. The average molecular weight is 220 g/mol. The summed E-state index contributed by atoms with van der Waals surface area (Å²) in [6.07, 6.45) is 2.58. The van der Waals surface area contributed by atoms with Crippen molar-refractivity contribution in [2.24, 2.45) is 0 Å². The predicted molar refractivity (Wildman–Crippen MR) is 68.9 cm³/mol. The zero-order chi connectivity index (χ0) is 12.0. The quantitative estimate of drug-likeness (QED) is 0.827. The Morgan fingerprint density at radius 2 is 2.00 bits per heavy atom. The molecule has 0 bridgehead atoms. The summed E-state index contributed by atoms with van der Waals surface area (Å²) in [5.41, 5.74) is 1.92. The second kappa shape index (κ2) is 6.16. The number of amides is 1. The molecule has 0 aliphatic carbocycles. The van der Waals surface area contributed by atoms with Gasteiger partial charge >= 0.3 is 0 Å². The summed E-state index contributed by atoms with van der Waals surface area (Å²) < 4.78 is 0. The van der Waals surface area contributed by atoms with Crippen LogP contribution in [0.3, 0.4) is 0 Å². The molecule has 16 heavy (non-hydrogen) atoms. The van der Waals surface area contributed by atoms with Crippen molar-refractivity contribution in [3.05, 3.63) is 24.3 Å². The van der Waals surface area contributed by atoms with Gasteiger partial charge in [0.05, 0.1) is 11.4 Å². The fraction of sp³-hybridized carbons (Fsp3) is 0.462. The van der Waals surface area contributed by atoms with Gasteiger partial charge in [0, 0.05) is 20.5 Å². The lowest BCUT2D eigenvalue weighted by Crippen LogP contribution is -2.16. The highest BCUT2D eigenvalue weighted by atomic mass is 16.1. The minimum atomic E-state index is 0.0937. The summed E-state index contributed by atoms with van der Waals surface area (Å²) in [5.74, 6) is 0.0937. The van der Waals surface area contributed by atoms with Crippen LogP contribution >= 0.6 is 0 Å². The van der Waals surface area contributed by atoms with E-state index >= 15 is 0 Å². The first-order valence-electron chi connectivity index (χ1n) is 5.71. The number of unbranched alkanes of at least 4 members (excludes halogenated alkanes) is 1. The van der Waals surface area contributed by atoms with Crippen LogP contribution in [0, 0.1) is 0 Å². The van der Waals surface area contributed by atoms with Gasteiger partial charge in [-0.15, -0.1) is 0 Å². The lowest BCUT2D eigenvalue weighted by molar-refractivity contribution is -0.116. The number of nitrogens with zero attached hydrogens (tertiary/aromatic N) is 1. The van der Waals surface area contributed by atoms with E-state index in [1.807, 2.05) is 43.3 Å². The largest absolute Gasteiger partial charge is 0.376 e. The molecule has 1 aromatic rings. The van der Waals surface area contributed by atoms with E-state index in [9.17, 15) is 4.79 Å². The van der Waals surface area contributed by atoms with Gasteiger partial charge in [-0.1, -0.05) is 25.5 Å². The fourth-order valence-corrected chi connectivity index (χ4v) is 1.52. The van der Waals surface area contributed by atoms with Crippen LogP contribution in [0.1, 0.15) is 26.2 Å². The normalized spacial score (nSPS) is 9.94. The molecule has 0 radical (unpaired) electrons. The summed E-state index contributed by atoms with van der Waals surface area (Å²) in [6.45, 7) is 2.08. The molecular formula is C13H20N2O. The number of benzene rings is 1. The van der Waals surface area contributed by atoms with Crippen LogP contribution in [0.15, 0.2) is 24.3 Å². The van der Waals surface area contributed by atoms with Crippen LogP contribution < -0.4 is 10.2 Å². The molecule has 0 spiro atoms. The van der Waals surface area contributed by atoms with Gasteiger partial charge < -0.3 is 10.2 Å². The summed E-state index contributed by atoms with van der Waals surface area (Å²) >= 11 is 0. The average Bonchev–Trinajstić information content (AvgIpc) is 2.27. The summed E-state index contributed by atoms with van der Waals surface area (Å²) in [7, 11) is 3.94. The molecular weight excluding hydrogens is 200 g/mol. The van der Waals surface area contributed by atoms with Gasteiger partial charge in [-0.2, -0.15) is 0 Å². The van der Waals surface area contributed by atoms with Gasteiger partial charge in [0.25, 0.3) is 0 Å². The molecule has 0 aliphatic rings. The Morgan fingerprint density at radius 1 is 1.31 bits per heavy atom. The van der Waals surface area contributed by atoms with Crippen molar-refractivity contribution in [2.45, 2.75) is 26.2 Å². The number of anilines is 2. The van der Waals surface area contributed by atoms with E-state index in [1.54, 1.807) is 0 Å². The molecule has 3 heteroatoms. The van der Waals surface area contributed by atoms with E-state index < -0.39 is 0 Å². The zero-order valence-corrected chi connectivity index (χ0v) is 10.3. The summed E-state index contributed by atoms with van der Waals surface area (Å²) in [5, 5.41) is 2.95. The van der Waals surface area contributed by atoms with Crippen LogP contribution in [0.25, 0.3) is 0 Å². The summed E-state index contributed by atoms with van der Waals surface area (Å²) in [6, 6.07) is 7.83. The molecule has 0 aliphatic heterocycles. The Kier molecular flexibility index (Phi) is 4.83. The van der Waals surface area contributed by atoms with E-state index in [4.69, 9.17) is 0 Å². The van der Waals surface area contributed by atoms with Gasteiger partial charge in [0.2, 0.25) is 5.91 Å². The Labute approximate surface area is 97.5 Å². The highest BCUT2D eigenvalue weighted by molar-refractivity contribution is 5.94. The number of hydrogen-bond donors (Lipinski definition) is 1. The molecule has 0 fully saturated rings. The van der Waals surface area contributed by atoms with Crippen molar-refractivity contribution in [1.82, 2.24) is 0 Å². The molecule has 0 aromatic heterocycles. The maximum atomic E-state index is 11.6. The topological polar surface area (TPSA) is 32.3 Å². The molecule has 0 heterocycles. The second-order valence-corrected chi connectivity index (χ2v) is 4.06. The van der Waals surface area contributed by atoms with E-state index in [-0.39, 0.29) is 5.91 Å². The first kappa shape index (κ1) is 12.6. The van der Waals surface area contributed by atoms with Crippen LogP contribution in [-0.2, 0) is 4.79 Å². The van der Waals surface area contributed by atoms with Gasteiger partial charge in [-0.05, 0) is 18.6 Å². The van der Waals surface area contributed by atoms with E-state index in [0.29, 0.717) is 6.42 Å². The highest BCUT2D eigenvalue weighted by Gasteiger charge is 2.06. The molecule has 0 unspecified atom stereocenters. The Bertz CT molecular complexity index is 348. The lowest BCUT2D eigenvalue weighted by Gasteiger charge is -2.17. The summed E-state index contributed by atoms with van der Waals surface area (Å²) in [4.78, 5) is 13.6. The van der Waals surface area contributed by atoms with Crippen molar-refractivity contribution < 1.29 is 4.79 Å². The Hall–Kier alpha value is -1.51. The maximum absolute atomic E-state index is 11.6. The number of rotatable bonds is 5. The van der Waals surface area contributed by atoms with Crippen molar-refractivity contribution in [3.63, 3.8) is 0 Å². The van der Waals surface area contributed by atoms with Gasteiger partial charge in [0.1, 0.15) is 0 Å². The van der Waals surface area contributed by atoms with Gasteiger partial charge in [-0.25, -0.2) is 0 Å². The molecule has 1 aromatic carbocycles. The SMILES string of the molecule is CCCCC(=O)Nc1ccccc1N(C)C. The second-order valence-electron chi connectivity index (χ2n) is 4.06. The third-order valence-corrected chi connectivity index (χ3v) is 2.42. The standard InChI is InChI=1S/C13H20N2O/c1-4-5-10-13(16)14-11-8-6-7-9-12(11)15(2)3/h6-9H,4-5,10H2,1-3H3,(H,14,16).